The Bertz CT molecular complexity index is 172. The van der Waals surface area contributed by atoms with E-state index in [0.29, 0.717) is 6.61 Å². The molecule has 0 spiro atoms. The van der Waals surface area contributed by atoms with Crippen molar-refractivity contribution < 1.29 is 14.3 Å². The highest BCUT2D eigenvalue weighted by atomic mass is 16.7. The molecule has 0 saturated carbocycles. The van der Waals surface area contributed by atoms with Crippen molar-refractivity contribution in [3.05, 3.63) is 0 Å². The van der Waals surface area contributed by atoms with Crippen molar-refractivity contribution in [3.8, 4) is 0 Å². The molecule has 4 nitrogen and oxygen atoms in total. The highest BCUT2D eigenvalue weighted by Crippen LogP contribution is 2.12. The summed E-state index contributed by atoms with van der Waals surface area (Å²) in [5, 5.41) is 2.68. The molecule has 3 atom stereocenters. The fourth-order valence-electron chi connectivity index (χ4n) is 1.17. The lowest BCUT2D eigenvalue weighted by atomic mass is 10.1. The summed E-state index contributed by atoms with van der Waals surface area (Å²) in [6, 6.07) is 0.111. The maximum atomic E-state index is 10.9. The summed E-state index contributed by atoms with van der Waals surface area (Å²) < 4.78 is 10.5. The zero-order valence-electron chi connectivity index (χ0n) is 7.66. The number of hydrogen-bond acceptors (Lipinski definition) is 3. The third kappa shape index (κ3) is 1.95. The Labute approximate surface area is 72.2 Å². The summed E-state index contributed by atoms with van der Waals surface area (Å²) in [5.74, 6) is -0.0472. The Balaban J connectivity index is 2.25. The van der Waals surface area contributed by atoms with Gasteiger partial charge in [-0.25, -0.2) is 0 Å². The van der Waals surface area contributed by atoms with Crippen LogP contribution in [0.25, 0.3) is 0 Å². The van der Waals surface area contributed by atoms with Crippen LogP contribution in [0.1, 0.15) is 20.8 Å². The molecule has 1 unspecified atom stereocenters. The van der Waals surface area contributed by atoms with E-state index in [1.807, 2.05) is 13.8 Å². The van der Waals surface area contributed by atoms with Gasteiger partial charge < -0.3 is 14.8 Å². The van der Waals surface area contributed by atoms with Crippen LogP contribution in [-0.2, 0) is 14.3 Å². The average Bonchev–Trinajstić information content (AvgIpc) is 2.02. The molecule has 4 heteroatoms. The van der Waals surface area contributed by atoms with Crippen molar-refractivity contribution in [2.75, 3.05) is 6.61 Å². The molecule has 0 aromatic carbocycles. The van der Waals surface area contributed by atoms with Crippen LogP contribution in [-0.4, -0.2) is 30.9 Å². The van der Waals surface area contributed by atoms with Gasteiger partial charge in [0.15, 0.2) is 12.4 Å². The third-order valence-corrected chi connectivity index (χ3v) is 1.82. The molecule has 0 aromatic rings. The van der Waals surface area contributed by atoms with Crippen LogP contribution in [0, 0.1) is 0 Å². The molecular formula is C8H15NO3. The van der Waals surface area contributed by atoms with E-state index in [2.05, 4.69) is 5.32 Å². The van der Waals surface area contributed by atoms with Crippen LogP contribution in [0.15, 0.2) is 0 Å². The van der Waals surface area contributed by atoms with Gasteiger partial charge in [-0.3, -0.25) is 4.79 Å². The van der Waals surface area contributed by atoms with Gasteiger partial charge in [0.05, 0.1) is 6.04 Å². The third-order valence-electron chi connectivity index (χ3n) is 1.82. The Morgan fingerprint density at radius 1 is 1.67 bits per heavy atom. The van der Waals surface area contributed by atoms with E-state index >= 15 is 0 Å². The predicted octanol–water partition coefficient (Wildman–Crippen LogP) is 0.272. The van der Waals surface area contributed by atoms with Gasteiger partial charge in [0.25, 0.3) is 5.91 Å². The van der Waals surface area contributed by atoms with Gasteiger partial charge in [-0.05, 0) is 20.8 Å². The molecule has 1 aliphatic heterocycles. The normalized spacial score (nSPS) is 30.8. The van der Waals surface area contributed by atoms with E-state index in [-0.39, 0.29) is 24.3 Å². The standard InChI is InChI=1S/C8H15NO3/c1-4-11-6(3)12-7-5(2)9-8(7)10/h5-7H,4H2,1-3H3,(H,9,10)/t5-,6?,7+/m0/s1. The summed E-state index contributed by atoms with van der Waals surface area (Å²) in [4.78, 5) is 10.9. The molecule has 1 aliphatic rings. The molecule has 1 N–H and O–H groups in total. The number of rotatable bonds is 4. The van der Waals surface area contributed by atoms with Crippen molar-refractivity contribution >= 4 is 5.91 Å². The van der Waals surface area contributed by atoms with Gasteiger partial charge in [0, 0.05) is 6.61 Å². The van der Waals surface area contributed by atoms with Crippen molar-refractivity contribution in [1.29, 1.82) is 0 Å². The summed E-state index contributed by atoms with van der Waals surface area (Å²) in [6.45, 7) is 6.20. The Kier molecular flexibility index (Phi) is 3.05. The highest BCUT2D eigenvalue weighted by molar-refractivity contribution is 5.88. The number of amides is 1. The number of nitrogens with one attached hydrogen (secondary N) is 1. The molecule has 1 saturated heterocycles. The van der Waals surface area contributed by atoms with E-state index in [1.165, 1.54) is 0 Å². The number of carbonyl (C=O) groups is 1. The molecule has 1 heterocycles. The molecular weight excluding hydrogens is 158 g/mol. The van der Waals surface area contributed by atoms with Crippen LogP contribution < -0.4 is 5.32 Å². The quantitative estimate of drug-likeness (QED) is 0.490. The first-order chi connectivity index (χ1) is 5.65. The van der Waals surface area contributed by atoms with E-state index in [1.54, 1.807) is 6.92 Å². The van der Waals surface area contributed by atoms with Crippen molar-refractivity contribution in [3.63, 3.8) is 0 Å². The lowest BCUT2D eigenvalue weighted by Crippen LogP contribution is -2.62. The second-order valence-electron chi connectivity index (χ2n) is 2.88. The summed E-state index contributed by atoms with van der Waals surface area (Å²) >= 11 is 0. The van der Waals surface area contributed by atoms with E-state index in [9.17, 15) is 4.79 Å². The average molecular weight is 173 g/mol. The van der Waals surface area contributed by atoms with Gasteiger partial charge in [-0.2, -0.15) is 0 Å². The largest absolute Gasteiger partial charge is 0.353 e. The minimum absolute atomic E-state index is 0.0472. The van der Waals surface area contributed by atoms with Crippen LogP contribution >= 0.6 is 0 Å². The van der Waals surface area contributed by atoms with Gasteiger partial charge >= 0.3 is 0 Å². The van der Waals surface area contributed by atoms with Crippen molar-refractivity contribution in [2.24, 2.45) is 0 Å². The van der Waals surface area contributed by atoms with Crippen molar-refractivity contribution in [1.82, 2.24) is 5.32 Å². The zero-order chi connectivity index (χ0) is 9.14. The second-order valence-corrected chi connectivity index (χ2v) is 2.88. The Morgan fingerprint density at radius 2 is 2.33 bits per heavy atom. The summed E-state index contributed by atoms with van der Waals surface area (Å²) in [5.41, 5.74) is 0. The minimum Gasteiger partial charge on any atom is -0.353 e. The first-order valence-electron chi connectivity index (χ1n) is 4.22. The minimum atomic E-state index is -0.327. The SMILES string of the molecule is CCOC(C)O[C@H]1C(=O)N[C@H]1C. The van der Waals surface area contributed by atoms with Crippen LogP contribution in [0.3, 0.4) is 0 Å². The van der Waals surface area contributed by atoms with Gasteiger partial charge in [-0.1, -0.05) is 0 Å². The molecule has 0 bridgehead atoms. The lowest BCUT2D eigenvalue weighted by Gasteiger charge is -2.35. The van der Waals surface area contributed by atoms with E-state index in [0.717, 1.165) is 0 Å². The smallest absolute Gasteiger partial charge is 0.251 e. The summed E-state index contributed by atoms with van der Waals surface area (Å²) in [7, 11) is 0. The highest BCUT2D eigenvalue weighted by Gasteiger charge is 2.37. The zero-order valence-corrected chi connectivity index (χ0v) is 7.66. The van der Waals surface area contributed by atoms with E-state index in [4.69, 9.17) is 9.47 Å². The first-order valence-corrected chi connectivity index (χ1v) is 4.22. The van der Waals surface area contributed by atoms with Gasteiger partial charge in [-0.15, -0.1) is 0 Å². The Morgan fingerprint density at radius 3 is 2.75 bits per heavy atom. The maximum Gasteiger partial charge on any atom is 0.251 e. The fourth-order valence-corrected chi connectivity index (χ4v) is 1.17. The molecule has 0 aromatic heterocycles. The van der Waals surface area contributed by atoms with Crippen molar-refractivity contribution in [2.45, 2.75) is 39.2 Å². The molecule has 70 valence electrons. The monoisotopic (exact) mass is 173 g/mol. The van der Waals surface area contributed by atoms with Gasteiger partial charge in [0.2, 0.25) is 0 Å². The predicted molar refractivity (Wildman–Crippen MR) is 43.6 cm³/mol. The fraction of sp³-hybridized carbons (Fsp3) is 0.875. The maximum absolute atomic E-state index is 10.9. The number of carbonyl (C=O) groups excluding carboxylic acids is 1. The second kappa shape index (κ2) is 3.87. The molecule has 0 radical (unpaired) electrons. The topological polar surface area (TPSA) is 47.6 Å². The van der Waals surface area contributed by atoms with Crippen LogP contribution in [0.5, 0.6) is 0 Å². The number of ether oxygens (including phenoxy) is 2. The molecule has 1 fully saturated rings. The molecule has 1 amide bonds. The van der Waals surface area contributed by atoms with Gasteiger partial charge in [0.1, 0.15) is 0 Å². The lowest BCUT2D eigenvalue weighted by molar-refractivity contribution is -0.189. The summed E-state index contributed by atoms with van der Waals surface area (Å²) in [6.07, 6.45) is -0.625. The molecule has 0 aliphatic carbocycles. The number of hydrogen-bond donors (Lipinski definition) is 1. The molecule has 1 rings (SSSR count). The first kappa shape index (κ1) is 9.48. The van der Waals surface area contributed by atoms with Crippen LogP contribution in [0.2, 0.25) is 0 Å². The number of β-lactam (4-membered cyclic amide) rings is 1. The van der Waals surface area contributed by atoms with E-state index < -0.39 is 0 Å². The Hall–Kier alpha value is -0.610. The van der Waals surface area contributed by atoms with Crippen LogP contribution in [0.4, 0.5) is 0 Å². The molecule has 12 heavy (non-hydrogen) atoms.